The zero-order valence-corrected chi connectivity index (χ0v) is 27.7. The Hall–Kier alpha value is -4.96. The van der Waals surface area contributed by atoms with Crippen molar-refractivity contribution >= 4 is 41.0 Å². The van der Waals surface area contributed by atoms with Crippen LogP contribution in [0.25, 0.3) is 40.7 Å². The fraction of sp³-hybridized carbons (Fsp3) is 0.238. The van der Waals surface area contributed by atoms with Gasteiger partial charge in [0.05, 0.1) is 29.1 Å². The predicted molar refractivity (Wildman–Crippen MR) is 194 cm³/mol. The second kappa shape index (κ2) is 11.8. The zero-order valence-electron chi connectivity index (χ0n) is 27.7. The van der Waals surface area contributed by atoms with E-state index in [9.17, 15) is 5.11 Å². The summed E-state index contributed by atoms with van der Waals surface area (Å²) >= 11 is 0. The second-order valence-corrected chi connectivity index (χ2v) is 12.4. The molecule has 4 heterocycles. The molecule has 0 unspecified atom stereocenters. The molecule has 7 rings (SSSR count). The van der Waals surface area contributed by atoms with Crippen LogP contribution in [0, 0.1) is 6.92 Å². The van der Waals surface area contributed by atoms with Crippen molar-refractivity contribution in [3.05, 3.63) is 132 Å². The third kappa shape index (κ3) is 4.67. The van der Waals surface area contributed by atoms with Crippen LogP contribution in [0.15, 0.2) is 104 Å². The summed E-state index contributed by atoms with van der Waals surface area (Å²) in [6.07, 6.45) is 16.1. The number of benzene rings is 2. The molecule has 0 fully saturated rings. The average Bonchev–Trinajstić information content (AvgIpc) is 3.77. The number of aliphatic imine (C=N–C) groups is 2. The number of hydrogen-bond acceptors (Lipinski definition) is 3. The Balaban J connectivity index is 1.61. The molecule has 2 aromatic carbocycles. The summed E-state index contributed by atoms with van der Waals surface area (Å²) in [7, 11) is 0. The van der Waals surface area contributed by atoms with Gasteiger partial charge in [-0.15, -0.1) is 0 Å². The maximum absolute atomic E-state index is 10.8. The van der Waals surface area contributed by atoms with Crippen molar-refractivity contribution in [2.24, 2.45) is 9.98 Å². The quantitative estimate of drug-likeness (QED) is 0.319. The number of aliphatic hydroxyl groups is 1. The number of aliphatic hydroxyl groups excluding tert-OH is 1. The summed E-state index contributed by atoms with van der Waals surface area (Å²) in [6.45, 7) is 13.3. The lowest BCUT2D eigenvalue weighted by Gasteiger charge is -2.08. The highest BCUT2D eigenvalue weighted by Gasteiger charge is 2.25. The van der Waals surface area contributed by atoms with E-state index in [0.29, 0.717) is 0 Å². The van der Waals surface area contributed by atoms with E-state index in [4.69, 9.17) is 9.98 Å². The molecule has 0 saturated heterocycles. The van der Waals surface area contributed by atoms with Crippen LogP contribution >= 0.6 is 0 Å². The van der Waals surface area contributed by atoms with E-state index < -0.39 is 0 Å². The monoisotopic (exact) mass is 603 g/mol. The van der Waals surface area contributed by atoms with Crippen molar-refractivity contribution in [1.82, 2.24) is 4.98 Å². The third-order valence-corrected chi connectivity index (χ3v) is 9.99. The number of H-pyrrole nitrogens is 1. The van der Waals surface area contributed by atoms with Crippen LogP contribution in [-0.2, 0) is 6.42 Å². The van der Waals surface area contributed by atoms with Crippen LogP contribution in [0.1, 0.15) is 70.6 Å². The topological polar surface area (TPSA) is 60.7 Å². The maximum Gasteiger partial charge on any atom is 0.0876 e. The van der Waals surface area contributed by atoms with Crippen LogP contribution in [0.4, 0.5) is 0 Å². The van der Waals surface area contributed by atoms with Crippen LogP contribution in [0.2, 0.25) is 0 Å². The maximum atomic E-state index is 10.8. The molecule has 4 heteroatoms. The van der Waals surface area contributed by atoms with Gasteiger partial charge in [0.25, 0.3) is 0 Å². The SMILES string of the molecule is CCC1=C(C)C2=NC1=CC1=CC(=c3c1ccc(-c1ccccc1)/c3=C/O)C=c1[nH]c(c(C)c1CC)=CC1=NC(=C2)C(CC)=C1CC. The van der Waals surface area contributed by atoms with E-state index in [1.54, 1.807) is 0 Å². The van der Waals surface area contributed by atoms with Crippen LogP contribution in [0.3, 0.4) is 0 Å². The molecule has 1 aromatic heterocycles. The van der Waals surface area contributed by atoms with E-state index in [-0.39, 0.29) is 0 Å². The predicted octanol–water partition coefficient (Wildman–Crippen LogP) is 7.19. The largest absolute Gasteiger partial charge is 0.515 e. The van der Waals surface area contributed by atoms with Crippen LogP contribution in [0.5, 0.6) is 0 Å². The molecule has 3 aromatic rings. The van der Waals surface area contributed by atoms with Crippen LogP contribution < -0.4 is 21.1 Å². The Morgan fingerprint density at radius 3 is 2.07 bits per heavy atom. The van der Waals surface area contributed by atoms with Gasteiger partial charge < -0.3 is 10.1 Å². The summed E-state index contributed by atoms with van der Waals surface area (Å²) < 4.78 is 0. The standard InChI is InChI=1S/C42H41N3O/c1-7-29-24(5)36-21-40-31(9-3)32(10-4)41(45-40)22-37-25(6)30(8-2)39(44-37)20-28-18-27(19-38(29)43-36)34-17-16-33(35(23-46)42(28)34)26-14-12-11-13-15-26/h11-23,44,46H,7-10H2,1-6H3/b35-23-,37-22?,38-19?,39-20?,40-21?. The molecule has 0 atom stereocenters. The van der Waals surface area contributed by atoms with E-state index in [2.05, 4.69) is 101 Å². The molecule has 1 aliphatic carbocycles. The number of fused-ring (bicyclic) bond motifs is 7. The van der Waals surface area contributed by atoms with Gasteiger partial charge in [-0.1, -0.05) is 70.2 Å². The summed E-state index contributed by atoms with van der Waals surface area (Å²) in [6, 6.07) is 14.6. The minimum absolute atomic E-state index is 0.824. The molecule has 3 aliphatic heterocycles. The molecular formula is C42H41N3O. The Kier molecular flexibility index (Phi) is 7.60. The van der Waals surface area contributed by atoms with Gasteiger partial charge in [0, 0.05) is 21.1 Å². The van der Waals surface area contributed by atoms with Crippen molar-refractivity contribution in [2.45, 2.75) is 67.2 Å². The van der Waals surface area contributed by atoms with Gasteiger partial charge in [-0.2, -0.15) is 0 Å². The molecule has 0 saturated carbocycles. The number of aromatic amines is 1. The summed E-state index contributed by atoms with van der Waals surface area (Å²) in [5.74, 6) is 0. The fourth-order valence-corrected chi connectivity index (χ4v) is 7.63. The normalized spacial score (nSPS) is 17.4. The van der Waals surface area contributed by atoms with Crippen LogP contribution in [-0.4, -0.2) is 21.5 Å². The first kappa shape index (κ1) is 29.7. The Bertz CT molecular complexity index is 2290. The number of rotatable bonds is 5. The van der Waals surface area contributed by atoms with Gasteiger partial charge in [0.1, 0.15) is 0 Å². The molecule has 0 amide bonds. The minimum Gasteiger partial charge on any atom is -0.515 e. The zero-order chi connectivity index (χ0) is 32.1. The smallest absolute Gasteiger partial charge is 0.0876 e. The van der Waals surface area contributed by atoms with Crippen molar-refractivity contribution in [1.29, 1.82) is 0 Å². The number of hydrogen-bond donors (Lipinski definition) is 2. The van der Waals surface area contributed by atoms with Crippen molar-refractivity contribution < 1.29 is 5.11 Å². The Morgan fingerprint density at radius 2 is 1.37 bits per heavy atom. The van der Waals surface area contributed by atoms with Gasteiger partial charge >= 0.3 is 0 Å². The lowest BCUT2D eigenvalue weighted by molar-refractivity contribution is 0.540. The van der Waals surface area contributed by atoms with Gasteiger partial charge in [-0.05, 0) is 131 Å². The molecule has 4 aliphatic rings. The number of nitrogens with one attached hydrogen (secondary N) is 1. The van der Waals surface area contributed by atoms with Gasteiger partial charge in [-0.25, -0.2) is 9.98 Å². The molecule has 0 radical (unpaired) electrons. The molecule has 230 valence electrons. The third-order valence-electron chi connectivity index (χ3n) is 9.99. The van der Waals surface area contributed by atoms with E-state index in [1.165, 1.54) is 39.7 Å². The fourth-order valence-electron chi connectivity index (χ4n) is 7.63. The highest BCUT2D eigenvalue weighted by Crippen LogP contribution is 2.36. The van der Waals surface area contributed by atoms with Crippen molar-refractivity contribution in [2.75, 3.05) is 0 Å². The highest BCUT2D eigenvalue weighted by atomic mass is 16.2. The molecular weight excluding hydrogens is 562 g/mol. The average molecular weight is 604 g/mol. The highest BCUT2D eigenvalue weighted by molar-refractivity contribution is 6.24. The van der Waals surface area contributed by atoms with Gasteiger partial charge in [0.2, 0.25) is 0 Å². The Labute approximate surface area is 271 Å². The van der Waals surface area contributed by atoms with Gasteiger partial charge in [0.15, 0.2) is 0 Å². The van der Waals surface area contributed by atoms with E-state index in [0.717, 1.165) is 97.5 Å². The lowest BCUT2D eigenvalue weighted by atomic mass is 9.96. The number of allylic oxidation sites excluding steroid dienone is 8. The van der Waals surface area contributed by atoms with Crippen molar-refractivity contribution in [3.8, 4) is 11.1 Å². The molecule has 2 N–H and O–H groups in total. The first-order valence-corrected chi connectivity index (χ1v) is 16.6. The summed E-state index contributed by atoms with van der Waals surface area (Å²) in [5.41, 5.74) is 17.0. The van der Waals surface area contributed by atoms with Crippen molar-refractivity contribution in [3.63, 3.8) is 0 Å². The van der Waals surface area contributed by atoms with E-state index in [1.807, 2.05) is 18.2 Å². The second-order valence-electron chi connectivity index (χ2n) is 12.4. The molecule has 4 nitrogen and oxygen atoms in total. The van der Waals surface area contributed by atoms with E-state index >= 15 is 0 Å². The Morgan fingerprint density at radius 1 is 0.674 bits per heavy atom. The van der Waals surface area contributed by atoms with Gasteiger partial charge in [-0.3, -0.25) is 0 Å². The first-order chi connectivity index (χ1) is 22.4. The molecule has 8 bridgehead atoms. The number of nitrogens with zero attached hydrogens (tertiary/aromatic N) is 2. The lowest BCUT2D eigenvalue weighted by Crippen LogP contribution is -2.30. The number of aromatic nitrogens is 1. The molecule has 0 spiro atoms. The summed E-state index contributed by atoms with van der Waals surface area (Å²) in [4.78, 5) is 14.3. The minimum atomic E-state index is 0.824. The molecule has 46 heavy (non-hydrogen) atoms. The first-order valence-electron chi connectivity index (χ1n) is 16.6. The summed E-state index contributed by atoms with van der Waals surface area (Å²) in [5, 5.41) is 14.8.